The van der Waals surface area contributed by atoms with Crippen LogP contribution in [-0.4, -0.2) is 49.8 Å². The molecule has 0 aromatic heterocycles. The second kappa shape index (κ2) is 6.08. The maximum Gasteiger partial charge on any atom is 0.248 e. The third-order valence-corrected chi connectivity index (χ3v) is 2.80. The van der Waals surface area contributed by atoms with Gasteiger partial charge in [0.05, 0.1) is 12.1 Å². The minimum absolute atomic E-state index is 0.0470. The molecule has 1 fully saturated rings. The summed E-state index contributed by atoms with van der Waals surface area (Å²) >= 11 is 0. The molecule has 1 aliphatic rings. The largest absolute Gasteiger partial charge is 0.376 e. The van der Waals surface area contributed by atoms with Gasteiger partial charge >= 0.3 is 0 Å². The minimum Gasteiger partial charge on any atom is -0.376 e. The molecule has 4 heteroatoms. The second-order valence-corrected chi connectivity index (χ2v) is 3.99. The van der Waals surface area contributed by atoms with Gasteiger partial charge in [-0.3, -0.25) is 4.79 Å². The standard InChI is InChI=1S/C11H21NO3/c1-4-6-14-8-11(13)12(3)10-5-7-15-9(10)2/h9-10H,4-8H2,1-3H3. The summed E-state index contributed by atoms with van der Waals surface area (Å²) in [6.07, 6.45) is 2.02. The molecule has 1 saturated heterocycles. The van der Waals surface area contributed by atoms with Gasteiger partial charge in [0.25, 0.3) is 0 Å². The predicted molar refractivity (Wildman–Crippen MR) is 57.7 cm³/mol. The Morgan fingerprint density at radius 1 is 1.60 bits per heavy atom. The average Bonchev–Trinajstić information content (AvgIpc) is 2.63. The maximum absolute atomic E-state index is 11.7. The molecular formula is C11H21NO3. The van der Waals surface area contributed by atoms with E-state index in [9.17, 15) is 4.79 Å². The number of rotatable bonds is 5. The predicted octanol–water partition coefficient (Wildman–Crippen LogP) is 1.05. The lowest BCUT2D eigenvalue weighted by molar-refractivity contribution is -0.137. The molecule has 4 nitrogen and oxygen atoms in total. The zero-order valence-corrected chi connectivity index (χ0v) is 9.86. The number of ether oxygens (including phenoxy) is 2. The van der Waals surface area contributed by atoms with Gasteiger partial charge in [-0.2, -0.15) is 0 Å². The van der Waals surface area contributed by atoms with Gasteiger partial charge in [-0.25, -0.2) is 0 Å². The van der Waals surface area contributed by atoms with Crippen LogP contribution in [0.15, 0.2) is 0 Å². The van der Waals surface area contributed by atoms with Gasteiger partial charge in [-0.15, -0.1) is 0 Å². The quantitative estimate of drug-likeness (QED) is 0.643. The molecule has 2 unspecified atom stereocenters. The van der Waals surface area contributed by atoms with E-state index < -0.39 is 0 Å². The van der Waals surface area contributed by atoms with Crippen molar-refractivity contribution in [3.63, 3.8) is 0 Å². The first-order valence-electron chi connectivity index (χ1n) is 5.61. The van der Waals surface area contributed by atoms with Gasteiger partial charge in [0, 0.05) is 20.3 Å². The molecule has 1 amide bonds. The average molecular weight is 215 g/mol. The second-order valence-electron chi connectivity index (χ2n) is 3.99. The van der Waals surface area contributed by atoms with E-state index >= 15 is 0 Å². The highest BCUT2D eigenvalue weighted by molar-refractivity contribution is 5.77. The first-order chi connectivity index (χ1) is 7.16. The lowest BCUT2D eigenvalue weighted by Gasteiger charge is -2.26. The minimum atomic E-state index is 0.0470. The summed E-state index contributed by atoms with van der Waals surface area (Å²) in [5, 5.41) is 0. The van der Waals surface area contributed by atoms with E-state index in [1.54, 1.807) is 4.90 Å². The fourth-order valence-electron chi connectivity index (χ4n) is 1.82. The van der Waals surface area contributed by atoms with Gasteiger partial charge in [-0.1, -0.05) is 6.92 Å². The monoisotopic (exact) mass is 215 g/mol. The van der Waals surface area contributed by atoms with Crippen molar-refractivity contribution in [3.8, 4) is 0 Å². The number of nitrogens with zero attached hydrogens (tertiary/aromatic N) is 1. The van der Waals surface area contributed by atoms with Crippen molar-refractivity contribution >= 4 is 5.91 Å². The van der Waals surface area contributed by atoms with Crippen LogP contribution >= 0.6 is 0 Å². The zero-order valence-electron chi connectivity index (χ0n) is 9.86. The molecular weight excluding hydrogens is 194 g/mol. The molecule has 0 saturated carbocycles. The van der Waals surface area contributed by atoms with E-state index in [0.717, 1.165) is 19.4 Å². The number of hydrogen-bond donors (Lipinski definition) is 0. The van der Waals surface area contributed by atoms with Crippen molar-refractivity contribution in [1.82, 2.24) is 4.90 Å². The topological polar surface area (TPSA) is 38.8 Å². The van der Waals surface area contributed by atoms with Crippen LogP contribution in [0.4, 0.5) is 0 Å². The Balaban J connectivity index is 2.31. The third kappa shape index (κ3) is 3.47. The Hall–Kier alpha value is -0.610. The summed E-state index contributed by atoms with van der Waals surface area (Å²) < 4.78 is 10.7. The van der Waals surface area contributed by atoms with E-state index in [2.05, 4.69) is 0 Å². The molecule has 0 radical (unpaired) electrons. The van der Waals surface area contributed by atoms with Crippen LogP contribution < -0.4 is 0 Å². The maximum atomic E-state index is 11.7. The highest BCUT2D eigenvalue weighted by Crippen LogP contribution is 2.18. The van der Waals surface area contributed by atoms with Crippen LogP contribution in [0.25, 0.3) is 0 Å². The van der Waals surface area contributed by atoms with Gasteiger partial charge in [0.2, 0.25) is 5.91 Å². The van der Waals surface area contributed by atoms with E-state index in [4.69, 9.17) is 9.47 Å². The molecule has 1 aliphatic heterocycles. The van der Waals surface area contributed by atoms with Gasteiger partial charge < -0.3 is 14.4 Å². The Morgan fingerprint density at radius 2 is 2.33 bits per heavy atom. The van der Waals surface area contributed by atoms with Crippen LogP contribution in [-0.2, 0) is 14.3 Å². The SMILES string of the molecule is CCCOCC(=O)N(C)C1CCOC1C. The Labute approximate surface area is 91.5 Å². The zero-order chi connectivity index (χ0) is 11.3. The molecule has 0 aromatic carbocycles. The molecule has 0 aliphatic carbocycles. The summed E-state index contributed by atoms with van der Waals surface area (Å²) in [5.41, 5.74) is 0. The number of carbonyl (C=O) groups excluding carboxylic acids is 1. The molecule has 15 heavy (non-hydrogen) atoms. The molecule has 1 heterocycles. The Kier molecular flexibility index (Phi) is 5.05. The van der Waals surface area contributed by atoms with Crippen molar-refractivity contribution in [2.45, 2.75) is 38.8 Å². The summed E-state index contributed by atoms with van der Waals surface area (Å²) in [6, 6.07) is 0.211. The summed E-state index contributed by atoms with van der Waals surface area (Å²) in [6.45, 7) is 5.62. The van der Waals surface area contributed by atoms with E-state index in [-0.39, 0.29) is 24.7 Å². The van der Waals surface area contributed by atoms with Crippen molar-refractivity contribution < 1.29 is 14.3 Å². The first kappa shape index (κ1) is 12.5. The number of carbonyl (C=O) groups is 1. The van der Waals surface area contributed by atoms with Crippen molar-refractivity contribution in [1.29, 1.82) is 0 Å². The number of hydrogen-bond acceptors (Lipinski definition) is 3. The highest BCUT2D eigenvalue weighted by atomic mass is 16.5. The highest BCUT2D eigenvalue weighted by Gasteiger charge is 2.30. The molecule has 0 bridgehead atoms. The van der Waals surface area contributed by atoms with E-state index in [1.165, 1.54) is 0 Å². The van der Waals surface area contributed by atoms with Crippen LogP contribution in [0.3, 0.4) is 0 Å². The first-order valence-corrected chi connectivity index (χ1v) is 5.61. The lowest BCUT2D eigenvalue weighted by atomic mass is 10.1. The number of amides is 1. The van der Waals surface area contributed by atoms with Gasteiger partial charge in [-0.05, 0) is 19.8 Å². The fraction of sp³-hybridized carbons (Fsp3) is 0.909. The smallest absolute Gasteiger partial charge is 0.248 e. The van der Waals surface area contributed by atoms with Gasteiger partial charge in [0.15, 0.2) is 0 Å². The van der Waals surface area contributed by atoms with Crippen LogP contribution in [0, 0.1) is 0 Å². The lowest BCUT2D eigenvalue weighted by Crippen LogP contribution is -2.42. The van der Waals surface area contributed by atoms with Gasteiger partial charge in [0.1, 0.15) is 6.61 Å². The Morgan fingerprint density at radius 3 is 2.87 bits per heavy atom. The van der Waals surface area contributed by atoms with E-state index in [1.807, 2.05) is 20.9 Å². The summed E-state index contributed by atoms with van der Waals surface area (Å²) in [7, 11) is 1.83. The Bertz CT molecular complexity index is 208. The molecule has 0 N–H and O–H groups in total. The molecule has 88 valence electrons. The fourth-order valence-corrected chi connectivity index (χ4v) is 1.82. The molecule has 0 aromatic rings. The molecule has 2 atom stereocenters. The van der Waals surface area contributed by atoms with Crippen LogP contribution in [0.2, 0.25) is 0 Å². The molecule has 0 spiro atoms. The van der Waals surface area contributed by atoms with Crippen molar-refractivity contribution in [2.24, 2.45) is 0 Å². The number of likely N-dealkylation sites (N-methyl/N-ethyl adjacent to an activating group) is 1. The summed E-state index contributed by atoms with van der Waals surface area (Å²) in [5.74, 6) is 0.0470. The molecule has 1 rings (SSSR count). The normalized spacial score (nSPS) is 25.5. The third-order valence-electron chi connectivity index (χ3n) is 2.80. The van der Waals surface area contributed by atoms with Crippen LogP contribution in [0.1, 0.15) is 26.7 Å². The van der Waals surface area contributed by atoms with Crippen LogP contribution in [0.5, 0.6) is 0 Å². The van der Waals surface area contributed by atoms with Crippen molar-refractivity contribution in [2.75, 3.05) is 26.9 Å². The van der Waals surface area contributed by atoms with Crippen molar-refractivity contribution in [3.05, 3.63) is 0 Å². The summed E-state index contributed by atoms with van der Waals surface area (Å²) in [4.78, 5) is 13.5. The van der Waals surface area contributed by atoms with E-state index in [0.29, 0.717) is 6.61 Å².